The highest BCUT2D eigenvalue weighted by atomic mass is 16.5. The molecule has 1 aromatic carbocycles. The van der Waals surface area contributed by atoms with Crippen molar-refractivity contribution in [2.45, 2.75) is 6.10 Å². The summed E-state index contributed by atoms with van der Waals surface area (Å²) < 4.78 is 4.44. The monoisotopic (exact) mass is 204 g/mol. The second-order valence-corrected chi connectivity index (χ2v) is 2.88. The van der Waals surface area contributed by atoms with E-state index in [0.29, 0.717) is 11.1 Å². The third kappa shape index (κ3) is 2.56. The second kappa shape index (κ2) is 5.15. The van der Waals surface area contributed by atoms with Gasteiger partial charge in [-0.3, -0.25) is 0 Å². The van der Waals surface area contributed by atoms with Crippen molar-refractivity contribution in [2.75, 3.05) is 7.11 Å². The minimum Gasteiger partial charge on any atom is -0.467 e. The Morgan fingerprint density at radius 3 is 2.53 bits per heavy atom. The third-order valence-corrected chi connectivity index (χ3v) is 1.97. The highest BCUT2D eigenvalue weighted by Crippen LogP contribution is 2.17. The number of aliphatic hydroxyl groups excluding tert-OH is 1. The molecule has 0 aliphatic carbocycles. The zero-order chi connectivity index (χ0) is 11.3. The minimum atomic E-state index is -1.34. The maximum Gasteiger partial charge on any atom is 0.340 e. The summed E-state index contributed by atoms with van der Waals surface area (Å²) in [4.78, 5) is 11.1. The Hall–Kier alpha value is -1.83. The van der Waals surface area contributed by atoms with Gasteiger partial charge in [-0.2, -0.15) is 0 Å². The lowest BCUT2D eigenvalue weighted by Gasteiger charge is -2.10. The summed E-state index contributed by atoms with van der Waals surface area (Å²) in [6, 6.07) is 8.97. The van der Waals surface area contributed by atoms with E-state index in [1.54, 1.807) is 24.3 Å². The van der Waals surface area contributed by atoms with E-state index >= 15 is 0 Å². The Balaban J connectivity index is 3.02. The molecule has 0 aliphatic heterocycles. The number of aliphatic hydroxyl groups is 1. The Morgan fingerprint density at radius 2 is 2.07 bits per heavy atom. The first-order valence-electron chi connectivity index (χ1n) is 4.42. The minimum absolute atomic E-state index is 0.322. The molecule has 3 heteroatoms. The van der Waals surface area contributed by atoms with Gasteiger partial charge in [0.05, 0.1) is 7.11 Å². The lowest BCUT2D eigenvalue weighted by atomic mass is 10.0. The van der Waals surface area contributed by atoms with Gasteiger partial charge in [-0.1, -0.05) is 36.9 Å². The quantitative estimate of drug-likeness (QED) is 0.597. The molecule has 0 fully saturated rings. The van der Waals surface area contributed by atoms with Crippen LogP contribution in [-0.4, -0.2) is 24.3 Å². The molecule has 15 heavy (non-hydrogen) atoms. The SMILES string of the molecule is C=C=C(c1ccccc1)C(O)C(=O)OC. The molecule has 0 saturated heterocycles. The number of methoxy groups -OCH3 is 1. The zero-order valence-electron chi connectivity index (χ0n) is 8.43. The Labute approximate surface area is 88.3 Å². The molecule has 3 nitrogen and oxygen atoms in total. The number of carbonyl (C=O) groups is 1. The predicted molar refractivity (Wildman–Crippen MR) is 57.0 cm³/mol. The van der Waals surface area contributed by atoms with Crippen LogP contribution in [0.2, 0.25) is 0 Å². The number of rotatable bonds is 3. The molecule has 1 rings (SSSR count). The summed E-state index contributed by atoms with van der Waals surface area (Å²) in [5.41, 5.74) is 3.57. The van der Waals surface area contributed by atoms with Crippen LogP contribution in [0.5, 0.6) is 0 Å². The molecule has 1 N–H and O–H groups in total. The largest absolute Gasteiger partial charge is 0.467 e. The molecule has 0 heterocycles. The van der Waals surface area contributed by atoms with Crippen LogP contribution in [-0.2, 0) is 9.53 Å². The van der Waals surface area contributed by atoms with E-state index in [-0.39, 0.29) is 0 Å². The predicted octanol–water partition coefficient (Wildman–Crippen LogP) is 1.39. The van der Waals surface area contributed by atoms with E-state index in [2.05, 4.69) is 17.0 Å². The summed E-state index contributed by atoms with van der Waals surface area (Å²) in [7, 11) is 1.22. The van der Waals surface area contributed by atoms with Gasteiger partial charge in [0.15, 0.2) is 6.10 Å². The van der Waals surface area contributed by atoms with Gasteiger partial charge in [-0.25, -0.2) is 4.79 Å². The summed E-state index contributed by atoms with van der Waals surface area (Å²) in [5.74, 6) is -0.718. The van der Waals surface area contributed by atoms with Crippen LogP contribution >= 0.6 is 0 Å². The van der Waals surface area contributed by atoms with Crippen molar-refractivity contribution in [1.29, 1.82) is 0 Å². The summed E-state index contributed by atoms with van der Waals surface area (Å²) in [5, 5.41) is 9.62. The van der Waals surface area contributed by atoms with E-state index in [0.717, 1.165) is 0 Å². The topological polar surface area (TPSA) is 46.5 Å². The lowest BCUT2D eigenvalue weighted by molar-refractivity contribution is -0.147. The van der Waals surface area contributed by atoms with Gasteiger partial charge in [0, 0.05) is 5.57 Å². The molecule has 0 amide bonds. The fourth-order valence-corrected chi connectivity index (χ4v) is 1.20. The number of carbonyl (C=O) groups excluding carboxylic acids is 1. The highest BCUT2D eigenvalue weighted by molar-refractivity contribution is 5.90. The molecule has 0 radical (unpaired) electrons. The normalized spacial score (nSPS) is 11.3. The maximum absolute atomic E-state index is 11.1. The molecule has 1 atom stereocenters. The van der Waals surface area contributed by atoms with Crippen LogP contribution in [0, 0.1) is 0 Å². The molecule has 1 aromatic rings. The zero-order valence-corrected chi connectivity index (χ0v) is 8.43. The smallest absolute Gasteiger partial charge is 0.340 e. The van der Waals surface area contributed by atoms with E-state index < -0.39 is 12.1 Å². The van der Waals surface area contributed by atoms with Gasteiger partial charge >= 0.3 is 5.97 Å². The van der Waals surface area contributed by atoms with Gasteiger partial charge < -0.3 is 9.84 Å². The molecule has 0 aliphatic rings. The standard InChI is InChI=1S/C12H12O3/c1-3-10(11(13)12(14)15-2)9-7-5-4-6-8-9/h4-8,11,13H,1H2,2H3. The Kier molecular flexibility index (Phi) is 3.86. The van der Waals surface area contributed by atoms with Gasteiger partial charge in [-0.05, 0) is 5.56 Å². The number of hydrogen-bond donors (Lipinski definition) is 1. The van der Waals surface area contributed by atoms with Crippen molar-refractivity contribution in [3.63, 3.8) is 0 Å². The fourth-order valence-electron chi connectivity index (χ4n) is 1.20. The molecule has 0 aromatic heterocycles. The second-order valence-electron chi connectivity index (χ2n) is 2.88. The summed E-state index contributed by atoms with van der Waals surface area (Å²) in [6.45, 7) is 3.45. The first-order valence-corrected chi connectivity index (χ1v) is 4.42. The van der Waals surface area contributed by atoms with E-state index in [4.69, 9.17) is 0 Å². The van der Waals surface area contributed by atoms with Crippen molar-refractivity contribution in [2.24, 2.45) is 0 Å². The van der Waals surface area contributed by atoms with E-state index in [9.17, 15) is 9.90 Å². The number of ether oxygens (including phenoxy) is 1. The first-order chi connectivity index (χ1) is 7.20. The van der Waals surface area contributed by atoms with Crippen LogP contribution in [0.15, 0.2) is 42.6 Å². The van der Waals surface area contributed by atoms with Crippen LogP contribution < -0.4 is 0 Å². The van der Waals surface area contributed by atoms with Gasteiger partial charge in [0.25, 0.3) is 0 Å². The Morgan fingerprint density at radius 1 is 1.47 bits per heavy atom. The lowest BCUT2D eigenvalue weighted by Crippen LogP contribution is -2.22. The van der Waals surface area contributed by atoms with Crippen molar-refractivity contribution < 1.29 is 14.6 Å². The summed E-state index contributed by atoms with van der Waals surface area (Å²) in [6.07, 6.45) is -1.34. The first kappa shape index (κ1) is 11.2. The maximum atomic E-state index is 11.1. The number of esters is 1. The molecule has 0 spiro atoms. The average molecular weight is 204 g/mol. The Bertz CT molecular complexity index is 389. The van der Waals surface area contributed by atoms with Gasteiger partial charge in [0.1, 0.15) is 0 Å². The van der Waals surface area contributed by atoms with Crippen LogP contribution in [0.4, 0.5) is 0 Å². The summed E-state index contributed by atoms with van der Waals surface area (Å²) >= 11 is 0. The van der Waals surface area contributed by atoms with E-state index in [1.807, 2.05) is 6.07 Å². The number of benzene rings is 1. The number of hydrogen-bond acceptors (Lipinski definition) is 3. The molecule has 0 saturated carbocycles. The van der Waals surface area contributed by atoms with E-state index in [1.165, 1.54) is 7.11 Å². The van der Waals surface area contributed by atoms with Crippen molar-refractivity contribution in [3.8, 4) is 0 Å². The average Bonchev–Trinajstić information content (AvgIpc) is 2.30. The highest BCUT2D eigenvalue weighted by Gasteiger charge is 2.21. The molecular weight excluding hydrogens is 192 g/mol. The van der Waals surface area contributed by atoms with Crippen molar-refractivity contribution in [1.82, 2.24) is 0 Å². The van der Waals surface area contributed by atoms with Crippen molar-refractivity contribution in [3.05, 3.63) is 48.2 Å². The van der Waals surface area contributed by atoms with Crippen LogP contribution in [0.1, 0.15) is 5.56 Å². The third-order valence-electron chi connectivity index (χ3n) is 1.97. The van der Waals surface area contributed by atoms with Gasteiger partial charge in [-0.15, -0.1) is 5.73 Å². The van der Waals surface area contributed by atoms with Gasteiger partial charge in [0.2, 0.25) is 0 Å². The molecular formula is C12H12O3. The fraction of sp³-hybridized carbons (Fsp3) is 0.167. The van der Waals surface area contributed by atoms with Crippen LogP contribution in [0.3, 0.4) is 0 Å². The van der Waals surface area contributed by atoms with Crippen LogP contribution in [0.25, 0.3) is 5.57 Å². The molecule has 78 valence electrons. The molecule has 0 bridgehead atoms. The molecule has 1 unspecified atom stereocenters. The van der Waals surface area contributed by atoms with Crippen molar-refractivity contribution >= 4 is 11.5 Å².